The summed E-state index contributed by atoms with van der Waals surface area (Å²) < 4.78 is 14.7. The van der Waals surface area contributed by atoms with Crippen molar-refractivity contribution in [3.8, 4) is 11.1 Å². The van der Waals surface area contributed by atoms with Crippen molar-refractivity contribution < 1.29 is 14.3 Å². The van der Waals surface area contributed by atoms with E-state index in [4.69, 9.17) is 0 Å². The number of allylic oxidation sites excluding steroid dienone is 1. The summed E-state index contributed by atoms with van der Waals surface area (Å²) in [6, 6.07) is 7.13. The normalized spacial score (nSPS) is 16.7. The highest BCUT2D eigenvalue weighted by Gasteiger charge is 2.25. The third kappa shape index (κ3) is 9.20. The summed E-state index contributed by atoms with van der Waals surface area (Å²) in [5.41, 5.74) is 2.30. The number of aliphatic hydroxyl groups is 1. The van der Waals surface area contributed by atoms with Crippen molar-refractivity contribution in [1.29, 1.82) is 0 Å². The Morgan fingerprint density at radius 2 is 1.79 bits per heavy atom. The molecule has 9 heteroatoms. The summed E-state index contributed by atoms with van der Waals surface area (Å²) in [4.78, 5) is 22.6. The quantitative estimate of drug-likeness (QED) is 0.154. The maximum absolute atomic E-state index is 14.7. The lowest BCUT2D eigenvalue weighted by molar-refractivity contribution is 0.224. The van der Waals surface area contributed by atoms with E-state index in [0.29, 0.717) is 5.76 Å². The summed E-state index contributed by atoms with van der Waals surface area (Å²) in [5.74, 6) is 2.78. The number of fused-ring (bicyclic) bond motifs is 1. The highest BCUT2D eigenvalue weighted by atomic mass is 19.1. The second kappa shape index (κ2) is 17.5. The molecule has 0 spiro atoms. The maximum Gasteiger partial charge on any atom is 0.140 e. The van der Waals surface area contributed by atoms with Gasteiger partial charge in [-0.3, -0.25) is 0 Å². The minimum absolute atomic E-state index is 0.121. The smallest absolute Gasteiger partial charge is 0.140 e. The van der Waals surface area contributed by atoms with E-state index in [-0.39, 0.29) is 18.5 Å². The van der Waals surface area contributed by atoms with Crippen LogP contribution in [0.3, 0.4) is 0 Å². The van der Waals surface area contributed by atoms with Crippen LogP contribution in [0.2, 0.25) is 0 Å². The van der Waals surface area contributed by atoms with E-state index in [1.807, 2.05) is 19.1 Å². The number of pyridine rings is 1. The minimum Gasteiger partial charge on any atom is -0.394 e. The lowest BCUT2D eigenvalue weighted by Gasteiger charge is -2.33. The van der Waals surface area contributed by atoms with Gasteiger partial charge in [0.25, 0.3) is 0 Å². The molecule has 0 bridgehead atoms. The highest BCUT2D eigenvalue weighted by Crippen LogP contribution is 2.35. The van der Waals surface area contributed by atoms with E-state index in [0.717, 1.165) is 91.3 Å². The summed E-state index contributed by atoms with van der Waals surface area (Å²) in [6.07, 6.45) is 12.3. The molecular weight excluding hydrogens is 543 g/mol. The van der Waals surface area contributed by atoms with Crippen LogP contribution >= 0.6 is 0 Å². The van der Waals surface area contributed by atoms with E-state index in [2.05, 4.69) is 68.8 Å². The Balaban J connectivity index is 0.000000396. The molecule has 1 atom stereocenters. The fourth-order valence-corrected chi connectivity index (χ4v) is 5.34. The van der Waals surface area contributed by atoms with E-state index in [1.165, 1.54) is 25.3 Å². The first-order chi connectivity index (χ1) is 20.9. The summed E-state index contributed by atoms with van der Waals surface area (Å²) in [5, 5.41) is 13.5. The Kier molecular flexibility index (Phi) is 13.8. The van der Waals surface area contributed by atoms with Crippen LogP contribution in [-0.2, 0) is 4.84 Å². The van der Waals surface area contributed by atoms with Gasteiger partial charge in [-0.15, -0.1) is 0 Å². The molecule has 8 nitrogen and oxygen atoms in total. The number of rotatable bonds is 9. The Morgan fingerprint density at radius 1 is 1.05 bits per heavy atom. The van der Waals surface area contributed by atoms with Gasteiger partial charge in [0.15, 0.2) is 0 Å². The van der Waals surface area contributed by atoms with Crippen LogP contribution in [0.25, 0.3) is 22.0 Å². The van der Waals surface area contributed by atoms with Gasteiger partial charge in [0.05, 0.1) is 18.2 Å². The fourth-order valence-electron chi connectivity index (χ4n) is 5.34. The van der Waals surface area contributed by atoms with Crippen molar-refractivity contribution in [2.24, 2.45) is 11.1 Å². The molecule has 1 unspecified atom stereocenters. The number of piperidine rings is 1. The van der Waals surface area contributed by atoms with Gasteiger partial charge in [0, 0.05) is 55.5 Å². The Labute approximate surface area is 256 Å². The lowest BCUT2D eigenvalue weighted by atomic mass is 9.94. The van der Waals surface area contributed by atoms with Crippen LogP contribution in [0.5, 0.6) is 0 Å². The molecule has 2 saturated heterocycles. The predicted molar refractivity (Wildman–Crippen MR) is 176 cm³/mol. The number of hydrogen-bond acceptors (Lipinski definition) is 8. The van der Waals surface area contributed by atoms with Crippen LogP contribution in [0.15, 0.2) is 54.3 Å². The van der Waals surface area contributed by atoms with Gasteiger partial charge in [-0.25, -0.2) is 19.3 Å². The largest absolute Gasteiger partial charge is 0.394 e. The van der Waals surface area contributed by atoms with Crippen molar-refractivity contribution in [3.63, 3.8) is 0 Å². The topological polar surface area (TPSA) is 87.0 Å². The molecule has 43 heavy (non-hydrogen) atoms. The third-order valence-electron chi connectivity index (χ3n) is 8.20. The molecule has 4 heterocycles. The van der Waals surface area contributed by atoms with Gasteiger partial charge in [-0.1, -0.05) is 58.7 Å². The van der Waals surface area contributed by atoms with Gasteiger partial charge in [-0.05, 0) is 55.9 Å². The summed E-state index contributed by atoms with van der Waals surface area (Å²) in [7, 11) is 0. The lowest BCUT2D eigenvalue weighted by Crippen LogP contribution is -2.34. The second-order valence-corrected chi connectivity index (χ2v) is 11.1. The predicted octanol–water partition coefficient (Wildman–Crippen LogP) is 7.77. The van der Waals surface area contributed by atoms with Crippen molar-refractivity contribution in [1.82, 2.24) is 15.0 Å². The Morgan fingerprint density at radius 3 is 2.35 bits per heavy atom. The van der Waals surface area contributed by atoms with Crippen molar-refractivity contribution in [2.45, 2.75) is 85.1 Å². The number of unbranched alkanes of at least 4 members (excludes halogenated alkanes) is 1. The number of halogens is 1. The average Bonchev–Trinajstić information content (AvgIpc) is 3.54. The van der Waals surface area contributed by atoms with Gasteiger partial charge < -0.3 is 19.7 Å². The second-order valence-electron chi connectivity index (χ2n) is 11.1. The van der Waals surface area contributed by atoms with Crippen molar-refractivity contribution >= 4 is 29.3 Å². The van der Waals surface area contributed by atoms with Crippen LogP contribution in [0, 0.1) is 11.7 Å². The van der Waals surface area contributed by atoms with Gasteiger partial charge in [0.2, 0.25) is 0 Å². The molecule has 0 saturated carbocycles. The molecule has 2 aliphatic heterocycles. The first kappa shape index (κ1) is 33.9. The maximum atomic E-state index is 14.7. The molecule has 2 fully saturated rings. The molecule has 1 N–H and O–H groups in total. The summed E-state index contributed by atoms with van der Waals surface area (Å²) >= 11 is 0. The summed E-state index contributed by atoms with van der Waals surface area (Å²) in [6.45, 7) is 18.1. The number of benzene rings is 1. The molecule has 0 amide bonds. The molecule has 2 aromatic heterocycles. The molecule has 0 radical (unpaired) electrons. The van der Waals surface area contributed by atoms with Crippen molar-refractivity contribution in [2.75, 3.05) is 36.0 Å². The first-order valence-corrected chi connectivity index (χ1v) is 15.7. The molecule has 2 aliphatic rings. The number of oxime groups is 1. The monoisotopic (exact) mass is 592 g/mol. The standard InChI is InChI=1S/C25H30FN5O.C5H9NO.C4H10/c1-2-17-7-10-30(11-8-17)25-22-13-19(26)12-21(24(22)28-16-29-25)18-5-6-23(27-14-18)31-9-3-4-20(31)15-32;1-4-5(2)7-6-3;1-3-4-2/h5-6,12-14,16-17,20,32H,2-4,7-11,15H2,1H3;2-4H2,1H3;3-4H2,1-2H3. The first-order valence-electron chi connectivity index (χ1n) is 15.7. The third-order valence-corrected chi connectivity index (χ3v) is 8.20. The molecule has 234 valence electrons. The Hall–Kier alpha value is -3.59. The minimum atomic E-state index is -0.295. The van der Waals surface area contributed by atoms with Gasteiger partial charge >= 0.3 is 0 Å². The van der Waals surface area contributed by atoms with E-state index >= 15 is 0 Å². The molecule has 5 rings (SSSR count). The Bertz CT molecular complexity index is 1290. The number of anilines is 2. The molecule has 1 aromatic carbocycles. The number of nitrogens with zero attached hydrogens (tertiary/aromatic N) is 6. The number of aliphatic hydroxyl groups excluding tert-OH is 1. The van der Waals surface area contributed by atoms with Crippen LogP contribution < -0.4 is 9.80 Å². The van der Waals surface area contributed by atoms with Gasteiger partial charge in [0.1, 0.15) is 29.5 Å². The SMILES string of the molecule is C=NOC(=C)CC.CCC1CCN(c2ncnc3c(-c4ccc(N5CCCC5CO)nc4)cc(F)cc23)CC1.CCCC. The van der Waals surface area contributed by atoms with Gasteiger partial charge in [-0.2, -0.15) is 0 Å². The zero-order chi connectivity index (χ0) is 31.2. The fraction of sp³-hybridized carbons (Fsp3) is 0.529. The van der Waals surface area contributed by atoms with E-state index in [1.54, 1.807) is 18.6 Å². The number of hydrogen-bond donors (Lipinski definition) is 1. The average molecular weight is 593 g/mol. The highest BCUT2D eigenvalue weighted by molar-refractivity contribution is 5.99. The van der Waals surface area contributed by atoms with E-state index in [9.17, 15) is 9.50 Å². The van der Waals surface area contributed by atoms with Crippen molar-refractivity contribution in [3.05, 3.63) is 54.9 Å². The zero-order valence-corrected chi connectivity index (χ0v) is 26.4. The number of aromatic nitrogens is 3. The molecule has 3 aromatic rings. The van der Waals surface area contributed by atoms with Crippen LogP contribution in [-0.4, -0.2) is 59.1 Å². The zero-order valence-electron chi connectivity index (χ0n) is 26.4. The molecular formula is C34H49FN6O2. The van der Waals surface area contributed by atoms with Crippen LogP contribution in [0.1, 0.15) is 79.1 Å². The molecule has 0 aliphatic carbocycles. The van der Waals surface area contributed by atoms with Crippen LogP contribution in [0.4, 0.5) is 16.0 Å². The van der Waals surface area contributed by atoms with E-state index < -0.39 is 0 Å².